The third kappa shape index (κ3) is 8.83. The third-order valence-electron chi connectivity index (χ3n) is 7.56. The lowest BCUT2D eigenvalue weighted by molar-refractivity contribution is 0.0386. The van der Waals surface area contributed by atoms with Gasteiger partial charge in [0.05, 0.1) is 18.1 Å². The Balaban J connectivity index is 0.00000420. The third-order valence-corrected chi connectivity index (χ3v) is 8.95. The Bertz CT molecular complexity index is 1140. The molecule has 4 rings (SSSR count). The molecule has 0 aromatic heterocycles. The van der Waals surface area contributed by atoms with Crippen molar-refractivity contribution in [2.24, 2.45) is 5.92 Å². The molecular formula is C29H43ClN4O4S. The van der Waals surface area contributed by atoms with Gasteiger partial charge in [0.25, 0.3) is 10.0 Å². The van der Waals surface area contributed by atoms with Crippen LogP contribution < -0.4 is 4.72 Å². The molecule has 10 heteroatoms. The lowest BCUT2D eigenvalue weighted by Gasteiger charge is -2.39. The first-order valence-corrected chi connectivity index (χ1v) is 15.4. The second kappa shape index (κ2) is 14.9. The van der Waals surface area contributed by atoms with E-state index in [9.17, 15) is 13.2 Å². The van der Waals surface area contributed by atoms with Gasteiger partial charge in [-0.15, -0.1) is 12.4 Å². The van der Waals surface area contributed by atoms with Gasteiger partial charge in [0.2, 0.25) is 0 Å². The fourth-order valence-electron chi connectivity index (χ4n) is 5.42. The first-order valence-electron chi connectivity index (χ1n) is 13.9. The van der Waals surface area contributed by atoms with Crippen LogP contribution in [0.3, 0.4) is 0 Å². The number of sulfonamides is 1. The van der Waals surface area contributed by atoms with Gasteiger partial charge in [0.15, 0.2) is 0 Å². The number of halogens is 1. The summed E-state index contributed by atoms with van der Waals surface area (Å²) >= 11 is 0. The van der Waals surface area contributed by atoms with E-state index in [0.717, 1.165) is 57.4 Å². The Morgan fingerprint density at radius 2 is 1.69 bits per heavy atom. The zero-order valence-electron chi connectivity index (χ0n) is 23.1. The summed E-state index contributed by atoms with van der Waals surface area (Å²) in [5, 5.41) is 0. The number of anilines is 1. The Morgan fingerprint density at radius 1 is 1.03 bits per heavy atom. The molecule has 1 unspecified atom stereocenters. The molecule has 1 atom stereocenters. The van der Waals surface area contributed by atoms with Crippen LogP contribution in [0.2, 0.25) is 0 Å². The summed E-state index contributed by atoms with van der Waals surface area (Å²) in [5.41, 5.74) is 1.69. The number of nitrogens with one attached hydrogen (secondary N) is 1. The average molecular weight is 579 g/mol. The average Bonchev–Trinajstić information content (AvgIpc) is 2.94. The molecule has 2 aromatic rings. The Morgan fingerprint density at radius 3 is 2.36 bits per heavy atom. The van der Waals surface area contributed by atoms with Crippen molar-refractivity contribution in [3.05, 3.63) is 60.2 Å². The highest BCUT2D eigenvalue weighted by molar-refractivity contribution is 7.92. The molecule has 0 bridgehead atoms. The second-order valence-corrected chi connectivity index (χ2v) is 12.2. The van der Waals surface area contributed by atoms with Gasteiger partial charge in [-0.3, -0.25) is 4.72 Å². The van der Waals surface area contributed by atoms with E-state index in [2.05, 4.69) is 29.5 Å². The van der Waals surface area contributed by atoms with Gasteiger partial charge in [-0.2, -0.15) is 0 Å². The number of carbonyl (C=O) groups is 1. The molecule has 0 spiro atoms. The standard InChI is InChI=1S/C29H42N4O4S.ClH/c1-3-14-33(23-25-12-15-31(16-13-25)29(34)32-17-19-37-20-18-32)24(2)21-26-8-7-9-27(22-26)30-38(35,36)28-10-5-4-6-11-28;/h4-11,22,24-25,30H,3,12-21,23H2,1-2H3;1H. The van der Waals surface area contributed by atoms with E-state index in [1.165, 1.54) is 0 Å². The number of benzene rings is 2. The first kappa shape index (κ1) is 31.2. The van der Waals surface area contributed by atoms with Gasteiger partial charge in [0, 0.05) is 44.5 Å². The Hall–Kier alpha value is -2.33. The molecule has 2 saturated heterocycles. The molecule has 2 aliphatic heterocycles. The number of likely N-dealkylation sites (tertiary alicyclic amines) is 1. The van der Waals surface area contributed by atoms with Crippen LogP contribution in [-0.2, 0) is 21.2 Å². The van der Waals surface area contributed by atoms with Gasteiger partial charge in [-0.05, 0) is 74.9 Å². The molecule has 2 aromatic carbocycles. The van der Waals surface area contributed by atoms with Crippen LogP contribution in [0, 0.1) is 5.92 Å². The minimum atomic E-state index is -3.62. The van der Waals surface area contributed by atoms with E-state index >= 15 is 0 Å². The smallest absolute Gasteiger partial charge is 0.320 e. The molecule has 2 amide bonds. The highest BCUT2D eigenvalue weighted by Crippen LogP contribution is 2.23. The first-order chi connectivity index (χ1) is 18.4. The number of piperidine rings is 1. The number of hydrogen-bond donors (Lipinski definition) is 1. The van der Waals surface area contributed by atoms with Crippen molar-refractivity contribution in [1.82, 2.24) is 14.7 Å². The summed E-state index contributed by atoms with van der Waals surface area (Å²) < 4.78 is 33.6. The van der Waals surface area contributed by atoms with E-state index in [0.29, 0.717) is 44.0 Å². The SMILES string of the molecule is CCCN(CC1CCN(C(=O)N2CCOCC2)CC1)C(C)Cc1cccc(NS(=O)(=O)c2ccccc2)c1.Cl. The summed E-state index contributed by atoms with van der Waals surface area (Å²) in [6, 6.07) is 16.6. The van der Waals surface area contributed by atoms with Gasteiger partial charge >= 0.3 is 6.03 Å². The van der Waals surface area contributed by atoms with E-state index in [1.807, 2.05) is 21.9 Å². The largest absolute Gasteiger partial charge is 0.378 e. The molecule has 39 heavy (non-hydrogen) atoms. The number of hydrogen-bond acceptors (Lipinski definition) is 5. The quantitative estimate of drug-likeness (QED) is 0.441. The number of ether oxygens (including phenoxy) is 1. The lowest BCUT2D eigenvalue weighted by atomic mass is 9.95. The molecule has 8 nitrogen and oxygen atoms in total. The van der Waals surface area contributed by atoms with Crippen molar-refractivity contribution in [3.8, 4) is 0 Å². The molecule has 0 radical (unpaired) electrons. The van der Waals surface area contributed by atoms with Gasteiger partial charge in [-0.1, -0.05) is 37.3 Å². The summed E-state index contributed by atoms with van der Waals surface area (Å²) in [4.78, 5) is 19.6. The van der Waals surface area contributed by atoms with Crippen LogP contribution in [0.25, 0.3) is 0 Å². The van der Waals surface area contributed by atoms with Gasteiger partial charge in [-0.25, -0.2) is 13.2 Å². The minimum absolute atomic E-state index is 0. The van der Waals surface area contributed by atoms with Gasteiger partial charge in [0.1, 0.15) is 0 Å². The van der Waals surface area contributed by atoms with Gasteiger partial charge < -0.3 is 19.4 Å². The van der Waals surface area contributed by atoms with E-state index < -0.39 is 10.0 Å². The van der Waals surface area contributed by atoms with Crippen LogP contribution >= 0.6 is 12.4 Å². The van der Waals surface area contributed by atoms with Crippen LogP contribution in [0.1, 0.15) is 38.7 Å². The maximum atomic E-state index is 12.8. The van der Waals surface area contributed by atoms with Crippen LogP contribution in [0.15, 0.2) is 59.5 Å². The predicted molar refractivity (Wildman–Crippen MR) is 158 cm³/mol. The number of urea groups is 1. The highest BCUT2D eigenvalue weighted by atomic mass is 35.5. The number of nitrogens with zero attached hydrogens (tertiary/aromatic N) is 3. The van der Waals surface area contributed by atoms with Crippen molar-refractivity contribution >= 4 is 34.1 Å². The fourth-order valence-corrected chi connectivity index (χ4v) is 6.49. The molecular weight excluding hydrogens is 536 g/mol. The predicted octanol–water partition coefficient (Wildman–Crippen LogP) is 4.72. The summed E-state index contributed by atoms with van der Waals surface area (Å²) in [7, 11) is -3.62. The Kier molecular flexibility index (Phi) is 11.9. The normalized spacial score (nSPS) is 17.5. The van der Waals surface area contributed by atoms with E-state index in [-0.39, 0.29) is 23.3 Å². The van der Waals surface area contributed by atoms with E-state index in [4.69, 9.17) is 4.74 Å². The maximum absolute atomic E-state index is 12.8. The molecule has 216 valence electrons. The Labute approximate surface area is 240 Å². The fraction of sp³-hybridized carbons (Fsp3) is 0.552. The number of carbonyl (C=O) groups excluding carboxylic acids is 1. The van der Waals surface area contributed by atoms with Crippen LogP contribution in [0.4, 0.5) is 10.5 Å². The maximum Gasteiger partial charge on any atom is 0.320 e. The van der Waals surface area contributed by atoms with Crippen molar-refractivity contribution in [2.75, 3.05) is 57.2 Å². The molecule has 0 saturated carbocycles. The monoisotopic (exact) mass is 578 g/mol. The number of amides is 2. The zero-order chi connectivity index (χ0) is 27.0. The van der Waals surface area contributed by atoms with Crippen LogP contribution in [0.5, 0.6) is 0 Å². The molecule has 1 N–H and O–H groups in total. The van der Waals surface area contributed by atoms with E-state index in [1.54, 1.807) is 36.4 Å². The molecule has 2 fully saturated rings. The summed E-state index contributed by atoms with van der Waals surface area (Å²) in [6.07, 6.45) is 3.98. The van der Waals surface area contributed by atoms with Crippen molar-refractivity contribution in [2.45, 2.75) is 50.5 Å². The molecule has 2 aliphatic rings. The highest BCUT2D eigenvalue weighted by Gasteiger charge is 2.29. The topological polar surface area (TPSA) is 82.2 Å². The van der Waals surface area contributed by atoms with Crippen molar-refractivity contribution in [1.29, 1.82) is 0 Å². The summed E-state index contributed by atoms with van der Waals surface area (Å²) in [5.74, 6) is 0.571. The number of morpholine rings is 1. The lowest BCUT2D eigenvalue weighted by Crippen LogP contribution is -2.51. The second-order valence-electron chi connectivity index (χ2n) is 10.5. The summed E-state index contributed by atoms with van der Waals surface area (Å²) in [6.45, 7) is 10.8. The molecule has 2 heterocycles. The van der Waals surface area contributed by atoms with Crippen LogP contribution in [-0.4, -0.2) is 87.7 Å². The zero-order valence-corrected chi connectivity index (χ0v) is 24.8. The minimum Gasteiger partial charge on any atom is -0.378 e. The van der Waals surface area contributed by atoms with Crippen molar-refractivity contribution < 1.29 is 17.9 Å². The number of rotatable bonds is 10. The van der Waals surface area contributed by atoms with Crippen molar-refractivity contribution in [3.63, 3.8) is 0 Å². The molecule has 0 aliphatic carbocycles.